The summed E-state index contributed by atoms with van der Waals surface area (Å²) in [6.07, 6.45) is -2.54. The second-order valence-electron chi connectivity index (χ2n) is 8.79. The minimum Gasteiger partial charge on any atom is -0.354 e. The summed E-state index contributed by atoms with van der Waals surface area (Å²) in [5.74, 6) is -3.31. The van der Waals surface area contributed by atoms with Crippen molar-refractivity contribution < 1.29 is 39.6 Å². The van der Waals surface area contributed by atoms with Gasteiger partial charge in [0, 0.05) is 50.2 Å². The molecule has 1 aromatic heterocycles. The van der Waals surface area contributed by atoms with Gasteiger partial charge in [0.25, 0.3) is 0 Å². The molecule has 2 aliphatic heterocycles. The van der Waals surface area contributed by atoms with Gasteiger partial charge >= 0.3 is 12.2 Å². The van der Waals surface area contributed by atoms with Crippen LogP contribution in [0.5, 0.6) is 0 Å². The van der Waals surface area contributed by atoms with Crippen LogP contribution < -0.4 is 4.90 Å². The maximum atomic E-state index is 14.4. The molecule has 36 heavy (non-hydrogen) atoms. The Morgan fingerprint density at radius 1 is 0.972 bits per heavy atom. The zero-order valence-corrected chi connectivity index (χ0v) is 19.8. The number of rotatable bonds is 5. The Hall–Kier alpha value is -3.03. The molecule has 2 fully saturated rings. The molecular formula is C22H22F6N4O3S. The standard InChI is InChI=1S/C22H22F6N4O3S/c1-36(34,35)19-10-16(23)13(8-17(19)24)12-31-6-7-32(21(31)33)15-2-4-30(5-3-15)20-18(25)9-14(11-29-20)22(26,27)28/h8-11,15H,2-7,12H2,1H3. The fourth-order valence-corrected chi connectivity index (χ4v) is 5.21. The molecule has 0 bridgehead atoms. The van der Waals surface area contributed by atoms with Gasteiger partial charge in [-0.05, 0) is 31.0 Å². The molecule has 0 radical (unpaired) electrons. The van der Waals surface area contributed by atoms with Crippen LogP contribution in [0.1, 0.15) is 24.0 Å². The lowest BCUT2D eigenvalue weighted by atomic mass is 10.0. The first-order valence-electron chi connectivity index (χ1n) is 11.0. The lowest BCUT2D eigenvalue weighted by molar-refractivity contribution is -0.138. The van der Waals surface area contributed by atoms with Gasteiger partial charge in [-0.25, -0.2) is 31.4 Å². The van der Waals surface area contributed by atoms with E-state index in [0.717, 1.165) is 12.3 Å². The van der Waals surface area contributed by atoms with Crippen LogP contribution in [0.25, 0.3) is 0 Å². The first-order valence-corrected chi connectivity index (χ1v) is 12.9. The van der Waals surface area contributed by atoms with Crippen LogP contribution in [0.15, 0.2) is 29.3 Å². The molecule has 2 amide bonds. The fraction of sp³-hybridized carbons (Fsp3) is 0.455. The van der Waals surface area contributed by atoms with E-state index in [1.807, 2.05) is 0 Å². The number of carbonyl (C=O) groups excluding carboxylic acids is 1. The van der Waals surface area contributed by atoms with Gasteiger partial charge in [-0.15, -0.1) is 0 Å². The van der Waals surface area contributed by atoms with Crippen LogP contribution in [-0.4, -0.2) is 67.7 Å². The lowest BCUT2D eigenvalue weighted by Gasteiger charge is -2.37. The molecule has 3 heterocycles. The molecule has 2 saturated heterocycles. The minimum atomic E-state index is -4.70. The van der Waals surface area contributed by atoms with Gasteiger partial charge in [0.2, 0.25) is 0 Å². The predicted octanol–water partition coefficient (Wildman–Crippen LogP) is 3.83. The number of hydrogen-bond donors (Lipinski definition) is 0. The summed E-state index contributed by atoms with van der Waals surface area (Å²) < 4.78 is 104. The molecule has 2 aliphatic rings. The number of amides is 2. The van der Waals surface area contributed by atoms with E-state index in [1.165, 1.54) is 9.80 Å². The zero-order valence-electron chi connectivity index (χ0n) is 19.0. The number of piperidine rings is 1. The van der Waals surface area contributed by atoms with Gasteiger partial charge in [-0.2, -0.15) is 13.2 Å². The average Bonchev–Trinajstić information content (AvgIpc) is 3.14. The fourth-order valence-electron chi connectivity index (χ4n) is 4.48. The van der Waals surface area contributed by atoms with Crippen LogP contribution in [0.4, 0.5) is 37.0 Å². The number of carbonyl (C=O) groups is 1. The number of alkyl halides is 3. The molecule has 0 unspecified atom stereocenters. The van der Waals surface area contributed by atoms with Gasteiger partial charge in [-0.3, -0.25) is 0 Å². The van der Waals surface area contributed by atoms with Crippen LogP contribution in [0.3, 0.4) is 0 Å². The summed E-state index contributed by atoms with van der Waals surface area (Å²) in [6, 6.07) is 1.14. The second kappa shape index (κ2) is 9.45. The number of sulfone groups is 1. The van der Waals surface area contributed by atoms with Gasteiger partial charge in [0.05, 0.1) is 12.1 Å². The second-order valence-corrected chi connectivity index (χ2v) is 10.8. The molecule has 2 aromatic rings. The maximum Gasteiger partial charge on any atom is 0.417 e. The number of halogens is 6. The largest absolute Gasteiger partial charge is 0.417 e. The minimum absolute atomic E-state index is 0.159. The molecular weight excluding hydrogens is 514 g/mol. The van der Waals surface area contributed by atoms with Crippen molar-refractivity contribution in [1.29, 1.82) is 0 Å². The van der Waals surface area contributed by atoms with E-state index in [2.05, 4.69) is 4.98 Å². The normalized spacial score (nSPS) is 17.9. The molecule has 0 atom stereocenters. The highest BCUT2D eigenvalue weighted by Gasteiger charge is 2.37. The molecule has 1 aromatic carbocycles. The summed E-state index contributed by atoms with van der Waals surface area (Å²) in [6.45, 7) is 0.833. The topological polar surface area (TPSA) is 73.8 Å². The lowest BCUT2D eigenvalue weighted by Crippen LogP contribution is -2.47. The van der Waals surface area contributed by atoms with E-state index in [4.69, 9.17) is 0 Å². The van der Waals surface area contributed by atoms with Gasteiger partial charge in [-0.1, -0.05) is 0 Å². The van der Waals surface area contributed by atoms with E-state index in [1.54, 1.807) is 4.90 Å². The van der Waals surface area contributed by atoms with Crippen molar-refractivity contribution in [3.63, 3.8) is 0 Å². The molecule has 0 spiro atoms. The summed E-state index contributed by atoms with van der Waals surface area (Å²) in [5.41, 5.74) is -1.34. The van der Waals surface area contributed by atoms with E-state index < -0.39 is 50.0 Å². The summed E-state index contributed by atoms with van der Waals surface area (Å²) in [5, 5.41) is 0. The van der Waals surface area contributed by atoms with E-state index in [0.29, 0.717) is 37.7 Å². The van der Waals surface area contributed by atoms with E-state index in [9.17, 15) is 39.6 Å². The Labute approximate surface area is 203 Å². The molecule has 0 saturated carbocycles. The summed E-state index contributed by atoms with van der Waals surface area (Å²) in [7, 11) is -3.96. The Kier molecular flexibility index (Phi) is 6.84. The monoisotopic (exact) mass is 536 g/mol. The highest BCUT2D eigenvalue weighted by molar-refractivity contribution is 7.90. The van der Waals surface area contributed by atoms with Crippen molar-refractivity contribution in [3.8, 4) is 0 Å². The number of pyridine rings is 1. The van der Waals surface area contributed by atoms with Crippen molar-refractivity contribution in [2.24, 2.45) is 0 Å². The van der Waals surface area contributed by atoms with E-state index >= 15 is 0 Å². The number of anilines is 1. The van der Waals surface area contributed by atoms with Crippen LogP contribution >= 0.6 is 0 Å². The molecule has 196 valence electrons. The average molecular weight is 536 g/mol. The number of hydrogen-bond acceptors (Lipinski definition) is 5. The number of nitrogens with zero attached hydrogens (tertiary/aromatic N) is 4. The number of urea groups is 1. The number of benzene rings is 1. The third-order valence-corrected chi connectivity index (χ3v) is 7.45. The van der Waals surface area contributed by atoms with Crippen LogP contribution in [-0.2, 0) is 22.6 Å². The van der Waals surface area contributed by atoms with Crippen molar-refractivity contribution in [1.82, 2.24) is 14.8 Å². The third kappa shape index (κ3) is 5.22. The Morgan fingerprint density at radius 3 is 2.22 bits per heavy atom. The van der Waals surface area contributed by atoms with Crippen molar-refractivity contribution in [3.05, 3.63) is 53.0 Å². The van der Waals surface area contributed by atoms with Gasteiger partial charge in [0.15, 0.2) is 21.5 Å². The predicted molar refractivity (Wildman–Crippen MR) is 116 cm³/mol. The third-order valence-electron chi connectivity index (χ3n) is 6.34. The molecule has 14 heteroatoms. The zero-order chi connectivity index (χ0) is 26.4. The molecule has 4 rings (SSSR count). The number of aromatic nitrogens is 1. The van der Waals surface area contributed by atoms with Crippen LogP contribution in [0, 0.1) is 17.5 Å². The summed E-state index contributed by atoms with van der Waals surface area (Å²) >= 11 is 0. The highest BCUT2D eigenvalue weighted by atomic mass is 32.2. The van der Waals surface area contributed by atoms with Crippen LogP contribution in [0.2, 0.25) is 0 Å². The highest BCUT2D eigenvalue weighted by Crippen LogP contribution is 2.32. The van der Waals surface area contributed by atoms with Crippen molar-refractivity contribution in [2.45, 2.75) is 36.5 Å². The Morgan fingerprint density at radius 2 is 1.64 bits per heavy atom. The Bertz CT molecular complexity index is 1280. The Balaban J connectivity index is 1.38. The quantitative estimate of drug-likeness (QED) is 0.544. The molecule has 0 N–H and O–H groups in total. The first kappa shape index (κ1) is 26.0. The van der Waals surface area contributed by atoms with Gasteiger partial charge < -0.3 is 14.7 Å². The SMILES string of the molecule is CS(=O)(=O)c1cc(F)c(CN2CCN(C3CCN(c4ncc(C(F)(F)F)cc4F)CC3)C2=O)cc1F. The van der Waals surface area contributed by atoms with E-state index in [-0.39, 0.29) is 43.6 Å². The maximum absolute atomic E-state index is 14.4. The summed E-state index contributed by atoms with van der Waals surface area (Å²) in [4.78, 5) is 20.2. The first-order chi connectivity index (χ1) is 16.8. The van der Waals surface area contributed by atoms with Gasteiger partial charge in [0.1, 0.15) is 16.5 Å². The van der Waals surface area contributed by atoms with Crippen molar-refractivity contribution in [2.75, 3.05) is 37.3 Å². The smallest absolute Gasteiger partial charge is 0.354 e. The molecule has 0 aliphatic carbocycles. The molecule has 7 nitrogen and oxygen atoms in total. The van der Waals surface area contributed by atoms with Crippen molar-refractivity contribution >= 4 is 21.7 Å².